The van der Waals surface area contributed by atoms with Crippen molar-refractivity contribution < 1.29 is 8.42 Å². The van der Waals surface area contributed by atoms with E-state index in [4.69, 9.17) is 4.98 Å². The Morgan fingerprint density at radius 2 is 1.69 bits per heavy atom. The van der Waals surface area contributed by atoms with Gasteiger partial charge in [0.25, 0.3) is 10.0 Å². The van der Waals surface area contributed by atoms with Crippen molar-refractivity contribution >= 4 is 59.4 Å². The van der Waals surface area contributed by atoms with Crippen molar-refractivity contribution in [2.24, 2.45) is 0 Å². The number of nitrogens with zero attached hydrogens (tertiary/aromatic N) is 3. The fraction of sp³-hybridized carbons (Fsp3) is 0.0769. The van der Waals surface area contributed by atoms with Gasteiger partial charge in [0.1, 0.15) is 5.01 Å². The van der Waals surface area contributed by atoms with Crippen LogP contribution in [-0.4, -0.2) is 32.5 Å². The molecule has 0 aliphatic heterocycles. The van der Waals surface area contributed by atoms with E-state index >= 15 is 0 Å². The average molecular weight is 566 g/mol. The first-order valence-corrected chi connectivity index (χ1v) is 13.9. The summed E-state index contributed by atoms with van der Waals surface area (Å²) < 4.78 is 30.9. The Hall–Kier alpha value is -3.27. The molecule has 0 fully saturated rings. The summed E-state index contributed by atoms with van der Waals surface area (Å²) in [6.45, 7) is 0. The standard InChI is InChI=1S/C26H21BrN4O2S2/c1-31(2)24-7-3-6-20-19(24)5-4-8-25(20)35(32,33)30-22-15-18(27)9-10-21(22)23-16-34-26(29-23)17-11-13-28-14-12-17/h3-16,30H,1-2H3. The van der Waals surface area contributed by atoms with Crippen molar-refractivity contribution in [2.75, 3.05) is 23.7 Å². The lowest BCUT2D eigenvalue weighted by atomic mass is 10.1. The van der Waals surface area contributed by atoms with E-state index in [0.717, 1.165) is 26.1 Å². The maximum Gasteiger partial charge on any atom is 0.262 e. The van der Waals surface area contributed by atoms with E-state index in [1.807, 2.05) is 72.9 Å². The SMILES string of the molecule is CN(C)c1cccc2c(S(=O)(=O)Nc3cc(Br)ccc3-c3csc(-c4ccncc4)n3)cccc12. The molecule has 0 saturated heterocycles. The second-order valence-corrected chi connectivity index (χ2v) is 11.5. The van der Waals surface area contributed by atoms with Gasteiger partial charge in [-0.05, 0) is 42.5 Å². The summed E-state index contributed by atoms with van der Waals surface area (Å²) in [6, 6.07) is 20.3. The Bertz CT molecular complexity index is 1630. The minimum atomic E-state index is -3.90. The molecule has 5 rings (SSSR count). The van der Waals surface area contributed by atoms with Crippen molar-refractivity contribution in [3.63, 3.8) is 0 Å². The number of halogens is 1. The highest BCUT2D eigenvalue weighted by Gasteiger charge is 2.21. The predicted molar refractivity (Wildman–Crippen MR) is 148 cm³/mol. The van der Waals surface area contributed by atoms with Gasteiger partial charge in [-0.3, -0.25) is 9.71 Å². The van der Waals surface area contributed by atoms with Gasteiger partial charge in [-0.15, -0.1) is 11.3 Å². The number of fused-ring (bicyclic) bond motifs is 1. The monoisotopic (exact) mass is 564 g/mol. The van der Waals surface area contributed by atoms with Gasteiger partial charge in [0.2, 0.25) is 0 Å². The summed E-state index contributed by atoms with van der Waals surface area (Å²) >= 11 is 4.97. The van der Waals surface area contributed by atoms with Crippen molar-refractivity contribution in [3.05, 3.63) is 89.0 Å². The van der Waals surface area contributed by atoms with Crippen LogP contribution in [0.25, 0.3) is 32.6 Å². The number of pyridine rings is 1. The molecule has 1 N–H and O–H groups in total. The second kappa shape index (κ2) is 9.41. The van der Waals surface area contributed by atoms with E-state index in [9.17, 15) is 8.42 Å². The number of anilines is 2. The zero-order valence-electron chi connectivity index (χ0n) is 18.9. The zero-order valence-corrected chi connectivity index (χ0v) is 22.2. The number of hydrogen-bond acceptors (Lipinski definition) is 6. The Kier molecular flexibility index (Phi) is 6.31. The predicted octanol–water partition coefficient (Wildman–Crippen LogP) is 6.65. The molecule has 9 heteroatoms. The first-order chi connectivity index (χ1) is 16.8. The highest BCUT2D eigenvalue weighted by atomic mass is 79.9. The molecule has 0 spiro atoms. The smallest absolute Gasteiger partial charge is 0.262 e. The molecule has 0 unspecified atom stereocenters. The van der Waals surface area contributed by atoms with Crippen molar-refractivity contribution in [2.45, 2.75) is 4.90 Å². The minimum absolute atomic E-state index is 0.223. The molecule has 2 aromatic heterocycles. The first kappa shape index (κ1) is 23.5. The van der Waals surface area contributed by atoms with Crippen molar-refractivity contribution in [3.8, 4) is 21.8 Å². The number of aromatic nitrogens is 2. The maximum absolute atomic E-state index is 13.7. The third-order valence-electron chi connectivity index (χ3n) is 5.56. The second-order valence-electron chi connectivity index (χ2n) is 8.09. The summed E-state index contributed by atoms with van der Waals surface area (Å²) in [6.07, 6.45) is 3.45. The molecule has 0 saturated carbocycles. The number of thiazole rings is 1. The van der Waals surface area contributed by atoms with Crippen molar-refractivity contribution in [1.82, 2.24) is 9.97 Å². The van der Waals surface area contributed by atoms with E-state index < -0.39 is 10.0 Å². The normalized spacial score (nSPS) is 11.5. The molecule has 0 atom stereocenters. The molecule has 3 aromatic carbocycles. The minimum Gasteiger partial charge on any atom is -0.377 e. The summed E-state index contributed by atoms with van der Waals surface area (Å²) in [5, 5.41) is 4.30. The molecule has 0 aliphatic carbocycles. The molecule has 5 aromatic rings. The van der Waals surface area contributed by atoms with Crippen LogP contribution in [-0.2, 0) is 10.0 Å². The summed E-state index contributed by atoms with van der Waals surface area (Å²) in [4.78, 5) is 11.0. The van der Waals surface area contributed by atoms with Crippen LogP contribution < -0.4 is 9.62 Å². The van der Waals surface area contributed by atoms with Gasteiger partial charge < -0.3 is 4.90 Å². The van der Waals surface area contributed by atoms with Gasteiger partial charge >= 0.3 is 0 Å². The third kappa shape index (κ3) is 4.67. The first-order valence-electron chi connectivity index (χ1n) is 10.7. The molecular weight excluding hydrogens is 544 g/mol. The fourth-order valence-corrected chi connectivity index (χ4v) is 6.42. The van der Waals surface area contributed by atoms with Crippen molar-refractivity contribution in [1.29, 1.82) is 0 Å². The van der Waals surface area contributed by atoms with Gasteiger partial charge in [-0.25, -0.2) is 13.4 Å². The number of hydrogen-bond donors (Lipinski definition) is 1. The molecular formula is C26H21BrN4O2S2. The number of nitrogens with one attached hydrogen (secondary N) is 1. The molecule has 0 amide bonds. The Morgan fingerprint density at radius 1 is 0.943 bits per heavy atom. The van der Waals surface area contributed by atoms with Gasteiger partial charge in [0.05, 0.1) is 16.3 Å². The molecule has 0 aliphatic rings. The quantitative estimate of drug-likeness (QED) is 0.249. The van der Waals surface area contributed by atoms with Crippen LogP contribution in [0, 0.1) is 0 Å². The zero-order chi connectivity index (χ0) is 24.6. The van der Waals surface area contributed by atoms with E-state index in [-0.39, 0.29) is 4.90 Å². The molecule has 0 bridgehead atoms. The Labute approximate surface area is 216 Å². The van der Waals surface area contributed by atoms with E-state index in [1.165, 1.54) is 11.3 Å². The number of rotatable bonds is 6. The van der Waals surface area contributed by atoms with Gasteiger partial charge in [-0.1, -0.05) is 40.2 Å². The Morgan fingerprint density at radius 3 is 2.46 bits per heavy atom. The topological polar surface area (TPSA) is 75.2 Å². The van der Waals surface area contributed by atoms with Crippen LogP contribution in [0.2, 0.25) is 0 Å². The van der Waals surface area contributed by atoms with Crippen LogP contribution in [0.4, 0.5) is 11.4 Å². The van der Waals surface area contributed by atoms with Crippen LogP contribution >= 0.6 is 27.3 Å². The number of sulfonamides is 1. The van der Waals surface area contributed by atoms with Gasteiger partial charge in [0.15, 0.2) is 0 Å². The average Bonchev–Trinajstić information content (AvgIpc) is 3.33. The summed E-state index contributed by atoms with van der Waals surface area (Å²) in [5.41, 5.74) is 3.76. The van der Waals surface area contributed by atoms with E-state index in [1.54, 1.807) is 30.6 Å². The Balaban J connectivity index is 1.57. The summed E-state index contributed by atoms with van der Waals surface area (Å²) in [5.74, 6) is 0. The summed E-state index contributed by atoms with van der Waals surface area (Å²) in [7, 11) is -0.0160. The molecule has 0 radical (unpaired) electrons. The van der Waals surface area contributed by atoms with E-state index in [2.05, 4.69) is 25.6 Å². The van der Waals surface area contributed by atoms with Crippen LogP contribution in [0.15, 0.2) is 93.9 Å². The highest BCUT2D eigenvalue weighted by Crippen LogP contribution is 2.36. The third-order valence-corrected chi connectivity index (χ3v) is 8.37. The van der Waals surface area contributed by atoms with Gasteiger partial charge in [-0.2, -0.15) is 0 Å². The van der Waals surface area contributed by atoms with E-state index in [0.29, 0.717) is 22.3 Å². The fourth-order valence-electron chi connectivity index (χ4n) is 3.94. The molecule has 35 heavy (non-hydrogen) atoms. The molecule has 176 valence electrons. The lowest BCUT2D eigenvalue weighted by Gasteiger charge is -2.18. The molecule has 6 nitrogen and oxygen atoms in total. The van der Waals surface area contributed by atoms with Crippen LogP contribution in [0.5, 0.6) is 0 Å². The lowest BCUT2D eigenvalue weighted by molar-refractivity contribution is 0.602. The maximum atomic E-state index is 13.7. The molecule has 2 heterocycles. The van der Waals surface area contributed by atoms with Crippen LogP contribution in [0.3, 0.4) is 0 Å². The lowest BCUT2D eigenvalue weighted by Crippen LogP contribution is -2.15. The largest absolute Gasteiger partial charge is 0.377 e. The highest BCUT2D eigenvalue weighted by molar-refractivity contribution is 9.10. The van der Waals surface area contributed by atoms with Gasteiger partial charge in [0, 0.05) is 63.9 Å². The van der Waals surface area contributed by atoms with Crippen LogP contribution in [0.1, 0.15) is 0 Å². The number of benzene rings is 3.